The van der Waals surface area contributed by atoms with Crippen molar-refractivity contribution in [1.29, 1.82) is 0 Å². The van der Waals surface area contributed by atoms with Gasteiger partial charge in [-0.25, -0.2) is 4.98 Å². The van der Waals surface area contributed by atoms with Gasteiger partial charge < -0.3 is 14.5 Å². The molecular weight excluding hydrogens is 518 g/mol. The minimum absolute atomic E-state index is 0.148. The highest BCUT2D eigenvalue weighted by Gasteiger charge is 2.23. The van der Waals surface area contributed by atoms with E-state index in [2.05, 4.69) is 90.8 Å². The summed E-state index contributed by atoms with van der Waals surface area (Å²) in [4.78, 5) is 15.7. The van der Waals surface area contributed by atoms with Crippen LogP contribution in [0.15, 0.2) is 65.8 Å². The maximum atomic E-state index is 6.55. The van der Waals surface area contributed by atoms with E-state index < -0.39 is 0 Å². The number of piperazine rings is 1. The van der Waals surface area contributed by atoms with E-state index in [4.69, 9.17) is 14.7 Å². The van der Waals surface area contributed by atoms with E-state index in [9.17, 15) is 0 Å². The number of aromatic nitrogens is 4. The number of benzene rings is 2. The molecule has 40 heavy (non-hydrogen) atoms. The standard InChI is InChI=1S/C31H39N7OS/c1-21(2)26-9-7-8-10-27(26)29-28(22(3)4)30(34-31(33-29)35-40-25-19-32-37(6)20-25)39-24-13-11-23(12-14-24)38-17-15-36(5)16-18-38/h7-14,19-22H,15-18H2,1-6H3,(H,33,34,35). The summed E-state index contributed by atoms with van der Waals surface area (Å²) in [6.45, 7) is 13.0. The summed E-state index contributed by atoms with van der Waals surface area (Å²) >= 11 is 1.43. The number of hydrogen-bond donors (Lipinski definition) is 1. The van der Waals surface area contributed by atoms with Gasteiger partial charge >= 0.3 is 0 Å². The summed E-state index contributed by atoms with van der Waals surface area (Å²) in [7, 11) is 4.08. The van der Waals surface area contributed by atoms with Gasteiger partial charge in [-0.1, -0.05) is 52.0 Å². The highest BCUT2D eigenvalue weighted by atomic mass is 32.2. The third-order valence-electron chi connectivity index (χ3n) is 7.19. The second-order valence-corrected chi connectivity index (χ2v) is 11.8. The van der Waals surface area contributed by atoms with Gasteiger partial charge in [0.25, 0.3) is 0 Å². The van der Waals surface area contributed by atoms with Crippen molar-refractivity contribution in [1.82, 2.24) is 24.6 Å². The van der Waals surface area contributed by atoms with Crippen molar-refractivity contribution >= 4 is 23.6 Å². The number of nitrogens with one attached hydrogen (secondary N) is 1. The lowest BCUT2D eigenvalue weighted by Gasteiger charge is -2.34. The van der Waals surface area contributed by atoms with Crippen LogP contribution < -0.4 is 14.4 Å². The SMILES string of the molecule is CC(C)c1ccccc1-c1nc(NSc2cnn(C)c2)nc(Oc2ccc(N3CCN(C)CC3)cc2)c1C(C)C. The molecule has 9 heteroatoms. The molecule has 0 atom stereocenters. The highest BCUT2D eigenvalue weighted by molar-refractivity contribution is 8.00. The fourth-order valence-electron chi connectivity index (χ4n) is 4.97. The fourth-order valence-corrected chi connectivity index (χ4v) is 5.58. The van der Waals surface area contributed by atoms with Crippen molar-refractivity contribution in [3.8, 4) is 22.9 Å². The zero-order valence-corrected chi connectivity index (χ0v) is 25.1. The van der Waals surface area contributed by atoms with E-state index in [0.717, 1.165) is 53.6 Å². The molecule has 210 valence electrons. The molecule has 4 aromatic rings. The van der Waals surface area contributed by atoms with Crippen LogP contribution in [-0.4, -0.2) is 57.9 Å². The molecule has 5 rings (SSSR count). The zero-order valence-electron chi connectivity index (χ0n) is 24.3. The number of anilines is 2. The Morgan fingerprint density at radius 1 is 0.875 bits per heavy atom. The van der Waals surface area contributed by atoms with Crippen molar-refractivity contribution in [2.45, 2.75) is 44.4 Å². The second kappa shape index (κ2) is 12.3. The van der Waals surface area contributed by atoms with Crippen LogP contribution in [0.4, 0.5) is 11.6 Å². The van der Waals surface area contributed by atoms with Gasteiger partial charge in [0, 0.05) is 56.2 Å². The highest BCUT2D eigenvalue weighted by Crippen LogP contribution is 2.40. The predicted octanol–water partition coefficient (Wildman–Crippen LogP) is 6.79. The maximum absolute atomic E-state index is 6.55. The molecule has 0 radical (unpaired) electrons. The van der Waals surface area contributed by atoms with Crippen molar-refractivity contribution in [2.24, 2.45) is 7.05 Å². The molecule has 1 saturated heterocycles. The van der Waals surface area contributed by atoms with Crippen LogP contribution in [0.2, 0.25) is 0 Å². The third-order valence-corrected chi connectivity index (χ3v) is 7.92. The first-order chi connectivity index (χ1) is 19.3. The monoisotopic (exact) mass is 557 g/mol. The van der Waals surface area contributed by atoms with E-state index in [-0.39, 0.29) is 5.92 Å². The van der Waals surface area contributed by atoms with Gasteiger partial charge in [0.15, 0.2) is 0 Å². The Bertz CT molecular complexity index is 1430. The Morgan fingerprint density at radius 2 is 1.60 bits per heavy atom. The van der Waals surface area contributed by atoms with Crippen molar-refractivity contribution in [3.05, 3.63) is 72.1 Å². The lowest BCUT2D eigenvalue weighted by molar-refractivity contribution is 0.313. The van der Waals surface area contributed by atoms with Gasteiger partial charge in [-0.2, -0.15) is 10.1 Å². The average molecular weight is 558 g/mol. The molecular formula is C31H39N7OS. The Labute approximate surface area is 241 Å². The summed E-state index contributed by atoms with van der Waals surface area (Å²) in [5.41, 5.74) is 5.46. The van der Waals surface area contributed by atoms with Crippen LogP contribution in [0, 0.1) is 0 Å². The molecule has 0 amide bonds. The van der Waals surface area contributed by atoms with Crippen LogP contribution in [-0.2, 0) is 7.05 Å². The molecule has 1 aliphatic heterocycles. The van der Waals surface area contributed by atoms with Gasteiger partial charge in [0.05, 0.1) is 16.8 Å². The molecule has 8 nitrogen and oxygen atoms in total. The summed E-state index contributed by atoms with van der Waals surface area (Å²) in [6, 6.07) is 16.9. The Hall–Kier alpha value is -3.56. The first-order valence-electron chi connectivity index (χ1n) is 13.9. The van der Waals surface area contributed by atoms with E-state index in [1.165, 1.54) is 23.2 Å². The number of likely N-dealkylation sites (N-methyl/N-ethyl adjacent to an activating group) is 1. The lowest BCUT2D eigenvalue weighted by atomic mass is 9.91. The van der Waals surface area contributed by atoms with Crippen LogP contribution in [0.5, 0.6) is 11.6 Å². The topological polar surface area (TPSA) is 71.3 Å². The van der Waals surface area contributed by atoms with Gasteiger partial charge in [-0.3, -0.25) is 9.40 Å². The van der Waals surface area contributed by atoms with Crippen LogP contribution in [0.3, 0.4) is 0 Å². The molecule has 1 fully saturated rings. The minimum Gasteiger partial charge on any atom is -0.439 e. The van der Waals surface area contributed by atoms with Crippen molar-refractivity contribution in [3.63, 3.8) is 0 Å². The van der Waals surface area contributed by atoms with Crippen LogP contribution in [0.1, 0.15) is 50.7 Å². The van der Waals surface area contributed by atoms with Crippen LogP contribution in [0.25, 0.3) is 11.3 Å². The van der Waals surface area contributed by atoms with Gasteiger partial charge in [0.1, 0.15) is 5.75 Å². The third kappa shape index (κ3) is 6.42. The molecule has 2 aromatic carbocycles. The van der Waals surface area contributed by atoms with Gasteiger partial charge in [0.2, 0.25) is 11.8 Å². The van der Waals surface area contributed by atoms with Gasteiger partial charge in [-0.15, -0.1) is 0 Å². The number of rotatable bonds is 9. The van der Waals surface area contributed by atoms with E-state index in [0.29, 0.717) is 17.7 Å². The maximum Gasteiger partial charge on any atom is 0.237 e. The fraction of sp³-hybridized carbons (Fsp3) is 0.387. The first-order valence-corrected chi connectivity index (χ1v) is 14.7. The molecule has 0 spiro atoms. The predicted molar refractivity (Wildman–Crippen MR) is 165 cm³/mol. The first kappa shape index (κ1) is 28.0. The second-order valence-electron chi connectivity index (χ2n) is 11.0. The van der Waals surface area contributed by atoms with Crippen molar-refractivity contribution < 1.29 is 4.74 Å². The summed E-state index contributed by atoms with van der Waals surface area (Å²) in [5.74, 6) is 2.32. The smallest absolute Gasteiger partial charge is 0.237 e. The number of ether oxygens (including phenoxy) is 1. The van der Waals surface area contributed by atoms with E-state index in [1.807, 2.05) is 31.6 Å². The Kier molecular flexibility index (Phi) is 8.61. The number of hydrogen-bond acceptors (Lipinski definition) is 8. The summed E-state index contributed by atoms with van der Waals surface area (Å²) < 4.78 is 11.7. The zero-order chi connectivity index (χ0) is 28.2. The summed E-state index contributed by atoms with van der Waals surface area (Å²) in [6.07, 6.45) is 3.77. The number of aryl methyl sites for hydroxylation is 1. The Balaban J connectivity index is 1.52. The molecule has 1 aliphatic rings. The molecule has 0 bridgehead atoms. The van der Waals surface area contributed by atoms with E-state index in [1.54, 1.807) is 4.68 Å². The van der Waals surface area contributed by atoms with Crippen molar-refractivity contribution in [2.75, 3.05) is 42.8 Å². The average Bonchev–Trinajstić information content (AvgIpc) is 3.37. The molecule has 3 heterocycles. The Morgan fingerprint density at radius 3 is 2.25 bits per heavy atom. The molecule has 0 saturated carbocycles. The van der Waals surface area contributed by atoms with Crippen LogP contribution >= 0.6 is 11.9 Å². The lowest BCUT2D eigenvalue weighted by Crippen LogP contribution is -2.44. The molecule has 0 unspecified atom stereocenters. The minimum atomic E-state index is 0.148. The normalized spacial score (nSPS) is 14.2. The molecule has 0 aliphatic carbocycles. The van der Waals surface area contributed by atoms with E-state index >= 15 is 0 Å². The largest absolute Gasteiger partial charge is 0.439 e. The summed E-state index contributed by atoms with van der Waals surface area (Å²) in [5, 5.41) is 4.26. The van der Waals surface area contributed by atoms with Gasteiger partial charge in [-0.05, 0) is 60.7 Å². The quantitative estimate of drug-likeness (QED) is 0.226. The number of nitrogens with zero attached hydrogens (tertiary/aromatic N) is 6. The molecule has 1 N–H and O–H groups in total. The molecule has 2 aromatic heterocycles.